The average molecular weight is 89.1 g/mol. The lowest BCUT2D eigenvalue weighted by Crippen LogP contribution is -1.94. The molecule has 0 spiro atoms. The highest BCUT2D eigenvalue weighted by Crippen LogP contribution is 1.76. The van der Waals surface area contributed by atoms with Gasteiger partial charge in [0.25, 0.3) is 0 Å². The predicted octanol–water partition coefficient (Wildman–Crippen LogP) is 0.285. The van der Waals surface area contributed by atoms with Gasteiger partial charge in [-0.15, -0.1) is 0 Å². The molecule has 0 saturated carbocycles. The molecule has 0 atom stereocenters. The first-order chi connectivity index (χ1) is 2.81. The van der Waals surface area contributed by atoms with Gasteiger partial charge in [0.2, 0.25) is 0 Å². The lowest BCUT2D eigenvalue weighted by atomic mass is 10.5. The van der Waals surface area contributed by atoms with Gasteiger partial charge < -0.3 is 0 Å². The zero-order valence-corrected chi connectivity index (χ0v) is 3.43. The fourth-order valence-electron chi connectivity index (χ4n) is 0.0589. The van der Waals surface area contributed by atoms with Gasteiger partial charge in [-0.3, -0.25) is 4.89 Å². The van der Waals surface area contributed by atoms with Crippen molar-refractivity contribution in [3.63, 3.8) is 0 Å². The Balaban J connectivity index is 2.99. The van der Waals surface area contributed by atoms with Crippen LogP contribution < -0.4 is 0 Å². The van der Waals surface area contributed by atoms with E-state index in [0.717, 1.165) is 0 Å². The first-order valence-corrected chi connectivity index (χ1v) is 1.64. The molecule has 0 aromatic rings. The molecule has 0 amide bonds. The van der Waals surface area contributed by atoms with E-state index >= 15 is 0 Å². The van der Waals surface area contributed by atoms with Gasteiger partial charge in [-0.2, -0.15) is 0 Å². The van der Waals surface area contributed by atoms with Gasteiger partial charge in [0.15, 0.2) is 0 Å². The Morgan fingerprint density at radius 2 is 2.33 bits per heavy atom. The van der Waals surface area contributed by atoms with Gasteiger partial charge in [-0.05, 0) is 0 Å². The quantitative estimate of drug-likeness (QED) is 0.342. The highest BCUT2D eigenvalue weighted by Gasteiger charge is 1.92. The Bertz CT molecular complexity index is 44.0. The normalized spacial score (nSPS) is 7.67. The van der Waals surface area contributed by atoms with Crippen molar-refractivity contribution in [2.24, 2.45) is 0 Å². The minimum Gasteiger partial charge on any atom is -0.266 e. The van der Waals surface area contributed by atoms with Crippen molar-refractivity contribution in [2.45, 2.75) is 13.3 Å². The molecule has 0 N–H and O–H groups in total. The van der Waals surface area contributed by atoms with E-state index in [0.29, 0.717) is 0 Å². The molecule has 1 radical (unpaired) electrons. The molecule has 0 aliphatic rings. The maximum Gasteiger partial charge on any atom is 0.345 e. The number of carbonyl (C=O) groups is 1. The number of carbonyl (C=O) groups excluding carboxylic acids is 1. The third-order valence-electron chi connectivity index (χ3n) is 0.382. The summed E-state index contributed by atoms with van der Waals surface area (Å²) in [5, 5.41) is 9.01. The molecule has 3 nitrogen and oxygen atoms in total. The highest BCUT2D eigenvalue weighted by molar-refractivity contribution is 5.67. The van der Waals surface area contributed by atoms with Gasteiger partial charge >= 0.3 is 5.97 Å². The zero-order chi connectivity index (χ0) is 4.99. The minimum absolute atomic E-state index is 0.156. The molecule has 0 bridgehead atoms. The van der Waals surface area contributed by atoms with Crippen LogP contribution in [0.25, 0.3) is 0 Å². The average Bonchev–Trinajstić information content (AvgIpc) is 1.65. The van der Waals surface area contributed by atoms with Gasteiger partial charge in [0.05, 0.1) is 0 Å². The lowest BCUT2D eigenvalue weighted by Gasteiger charge is -1.79. The van der Waals surface area contributed by atoms with Crippen LogP contribution in [0, 0.1) is 0 Å². The molecule has 3 heteroatoms. The number of hydrogen-bond acceptors (Lipinski definition) is 2. The molecule has 0 saturated heterocycles. The Kier molecular flexibility index (Phi) is 2.40. The second-order valence-electron chi connectivity index (χ2n) is 0.809. The monoisotopic (exact) mass is 89.0 g/mol. The molecule has 0 aliphatic heterocycles. The Morgan fingerprint density at radius 1 is 1.83 bits per heavy atom. The van der Waals surface area contributed by atoms with Crippen LogP contribution >= 0.6 is 0 Å². The van der Waals surface area contributed by atoms with Crippen LogP contribution in [-0.4, -0.2) is 5.97 Å². The smallest absolute Gasteiger partial charge is 0.266 e. The minimum atomic E-state index is -0.713. The third kappa shape index (κ3) is 1.72. The maximum atomic E-state index is 9.65. The van der Waals surface area contributed by atoms with Crippen molar-refractivity contribution >= 4 is 5.97 Å². The molecule has 0 aromatic heterocycles. The van der Waals surface area contributed by atoms with Crippen molar-refractivity contribution < 1.29 is 14.9 Å². The van der Waals surface area contributed by atoms with E-state index in [1.807, 2.05) is 0 Å². The van der Waals surface area contributed by atoms with E-state index in [2.05, 4.69) is 4.89 Å². The van der Waals surface area contributed by atoms with Crippen molar-refractivity contribution in [1.82, 2.24) is 0 Å². The van der Waals surface area contributed by atoms with Crippen LogP contribution in [0.1, 0.15) is 13.3 Å². The van der Waals surface area contributed by atoms with Crippen LogP contribution in [0.4, 0.5) is 0 Å². The van der Waals surface area contributed by atoms with Crippen molar-refractivity contribution in [3.8, 4) is 0 Å². The molecular formula is C3H5O3. The van der Waals surface area contributed by atoms with E-state index in [4.69, 9.17) is 5.26 Å². The Morgan fingerprint density at radius 3 is 2.33 bits per heavy atom. The molecule has 0 unspecified atom stereocenters. The largest absolute Gasteiger partial charge is 0.345 e. The van der Waals surface area contributed by atoms with E-state index < -0.39 is 5.97 Å². The molecular weight excluding hydrogens is 84.0 g/mol. The Hall–Kier alpha value is -0.570. The highest BCUT2D eigenvalue weighted by atomic mass is 17.1. The number of hydrogen-bond donors (Lipinski definition) is 0. The van der Waals surface area contributed by atoms with E-state index in [9.17, 15) is 4.79 Å². The third-order valence-corrected chi connectivity index (χ3v) is 0.382. The summed E-state index contributed by atoms with van der Waals surface area (Å²) in [6, 6.07) is 0. The molecule has 0 aromatic carbocycles. The van der Waals surface area contributed by atoms with Crippen LogP contribution in [0.3, 0.4) is 0 Å². The fourth-order valence-corrected chi connectivity index (χ4v) is 0.0589. The van der Waals surface area contributed by atoms with Crippen LogP contribution in [0.2, 0.25) is 0 Å². The van der Waals surface area contributed by atoms with Gasteiger partial charge in [0.1, 0.15) is 0 Å². The van der Waals surface area contributed by atoms with Gasteiger partial charge in [-0.25, -0.2) is 4.79 Å². The zero-order valence-electron chi connectivity index (χ0n) is 3.43. The summed E-state index contributed by atoms with van der Waals surface area (Å²) in [4.78, 5) is 12.7. The lowest BCUT2D eigenvalue weighted by molar-refractivity contribution is -0.277. The molecule has 0 heterocycles. The van der Waals surface area contributed by atoms with Crippen LogP contribution in [-0.2, 0) is 14.9 Å². The summed E-state index contributed by atoms with van der Waals surface area (Å²) >= 11 is 0. The first-order valence-electron chi connectivity index (χ1n) is 1.64. The summed E-state index contributed by atoms with van der Waals surface area (Å²) in [5.41, 5.74) is 0. The summed E-state index contributed by atoms with van der Waals surface area (Å²) in [5.74, 6) is -0.713. The van der Waals surface area contributed by atoms with Crippen LogP contribution in [0.15, 0.2) is 0 Å². The molecule has 35 valence electrons. The summed E-state index contributed by atoms with van der Waals surface area (Å²) < 4.78 is 0. The van der Waals surface area contributed by atoms with Crippen LogP contribution in [0.5, 0.6) is 0 Å². The van der Waals surface area contributed by atoms with Crippen molar-refractivity contribution in [3.05, 3.63) is 0 Å². The van der Waals surface area contributed by atoms with Gasteiger partial charge in [0, 0.05) is 11.7 Å². The molecule has 0 fully saturated rings. The Labute approximate surface area is 35.5 Å². The standard InChI is InChI=1S/C3H5O3/c1-2-3(4)6-5/h2H2,1H3. The topological polar surface area (TPSA) is 46.2 Å². The summed E-state index contributed by atoms with van der Waals surface area (Å²) in [6.07, 6.45) is 0.156. The second-order valence-corrected chi connectivity index (χ2v) is 0.809. The van der Waals surface area contributed by atoms with E-state index in [1.54, 1.807) is 6.92 Å². The fraction of sp³-hybridized carbons (Fsp3) is 0.667. The number of rotatable bonds is 1. The predicted molar refractivity (Wildman–Crippen MR) is 17.1 cm³/mol. The first kappa shape index (κ1) is 5.43. The molecule has 0 rings (SSSR count). The van der Waals surface area contributed by atoms with Crippen molar-refractivity contribution in [2.75, 3.05) is 0 Å². The maximum absolute atomic E-state index is 9.65. The van der Waals surface area contributed by atoms with Crippen molar-refractivity contribution in [1.29, 1.82) is 0 Å². The van der Waals surface area contributed by atoms with E-state index in [1.165, 1.54) is 0 Å². The summed E-state index contributed by atoms with van der Waals surface area (Å²) in [6.45, 7) is 1.56. The second kappa shape index (κ2) is 2.66. The van der Waals surface area contributed by atoms with Gasteiger partial charge in [-0.1, -0.05) is 6.92 Å². The molecule has 0 aliphatic carbocycles. The SMILES string of the molecule is CCC(=O)O[O]. The summed E-state index contributed by atoms with van der Waals surface area (Å²) in [7, 11) is 0. The molecule has 6 heavy (non-hydrogen) atoms. The van der Waals surface area contributed by atoms with E-state index in [-0.39, 0.29) is 6.42 Å².